The molecule has 3 N–H and O–H groups in total. The molecule has 0 spiro atoms. The second-order valence-corrected chi connectivity index (χ2v) is 7.45. The van der Waals surface area contributed by atoms with Crippen molar-refractivity contribution in [2.24, 2.45) is 0 Å². The van der Waals surface area contributed by atoms with Crippen molar-refractivity contribution in [1.82, 2.24) is 25.1 Å². The van der Waals surface area contributed by atoms with E-state index in [1.165, 1.54) is 12.4 Å². The molecule has 0 bridgehead atoms. The minimum atomic E-state index is -4.50. The van der Waals surface area contributed by atoms with Gasteiger partial charge in [-0.15, -0.1) is 0 Å². The van der Waals surface area contributed by atoms with Gasteiger partial charge >= 0.3 is 12.1 Å². The van der Waals surface area contributed by atoms with Crippen LogP contribution in [0.3, 0.4) is 0 Å². The van der Waals surface area contributed by atoms with Gasteiger partial charge in [0.05, 0.1) is 42.3 Å². The highest BCUT2D eigenvalue weighted by Crippen LogP contribution is 2.29. The Morgan fingerprint density at radius 3 is 2.35 bits per heavy atom. The van der Waals surface area contributed by atoms with Crippen molar-refractivity contribution >= 4 is 17.6 Å². The van der Waals surface area contributed by atoms with Gasteiger partial charge in [0.25, 0.3) is 11.9 Å². The highest BCUT2D eigenvalue weighted by Gasteiger charge is 2.32. The molecule has 1 atom stereocenters. The van der Waals surface area contributed by atoms with E-state index in [-0.39, 0.29) is 30.9 Å². The highest BCUT2D eigenvalue weighted by atomic mass is 19.4. The first-order chi connectivity index (χ1) is 16.2. The van der Waals surface area contributed by atoms with Crippen LogP contribution in [0.1, 0.15) is 53.7 Å². The van der Waals surface area contributed by atoms with Crippen LogP contribution in [-0.4, -0.2) is 43.3 Å². The van der Waals surface area contributed by atoms with E-state index in [9.17, 15) is 22.8 Å². The maximum atomic E-state index is 12.8. The number of aromatic nitrogens is 4. The van der Waals surface area contributed by atoms with E-state index in [2.05, 4.69) is 25.7 Å². The van der Waals surface area contributed by atoms with Crippen LogP contribution in [0.4, 0.5) is 18.9 Å². The average Bonchev–Trinajstić information content (AvgIpc) is 3.30. The monoisotopic (exact) mass is 476 g/mol. The van der Waals surface area contributed by atoms with E-state index in [0.29, 0.717) is 17.4 Å². The topological polar surface area (TPSA) is 122 Å². The van der Waals surface area contributed by atoms with Crippen molar-refractivity contribution in [2.45, 2.75) is 38.4 Å². The van der Waals surface area contributed by atoms with Crippen LogP contribution in [0.2, 0.25) is 0 Å². The number of alkyl halides is 3. The number of halogens is 3. The van der Waals surface area contributed by atoms with Gasteiger partial charge < -0.3 is 15.7 Å². The summed E-state index contributed by atoms with van der Waals surface area (Å²) in [5.41, 5.74) is 1.01. The highest BCUT2D eigenvalue weighted by molar-refractivity contribution is 5.94. The van der Waals surface area contributed by atoms with Crippen LogP contribution in [0.15, 0.2) is 49.1 Å². The average molecular weight is 476 g/mol. The molecule has 34 heavy (non-hydrogen) atoms. The molecule has 1 amide bonds. The molecule has 9 nitrogen and oxygen atoms in total. The largest absolute Gasteiger partial charge is 0.481 e. The Bertz CT molecular complexity index is 1110. The van der Waals surface area contributed by atoms with Gasteiger partial charge in [0, 0.05) is 18.3 Å². The molecule has 0 saturated heterocycles. The van der Waals surface area contributed by atoms with Crippen molar-refractivity contribution in [3.63, 3.8) is 0 Å². The molecular weight excluding hydrogens is 453 g/mol. The van der Waals surface area contributed by atoms with E-state index in [4.69, 9.17) is 5.11 Å². The van der Waals surface area contributed by atoms with Gasteiger partial charge in [0.1, 0.15) is 0 Å². The van der Waals surface area contributed by atoms with Gasteiger partial charge in [-0.1, -0.05) is 25.5 Å². The zero-order valence-corrected chi connectivity index (χ0v) is 18.2. The fourth-order valence-corrected chi connectivity index (χ4v) is 3.16. The number of rotatable bonds is 10. The number of benzene rings is 1. The summed E-state index contributed by atoms with van der Waals surface area (Å²) in [6, 6.07) is 6.80. The number of nitrogens with one attached hydrogen (secondary N) is 2. The second kappa shape index (κ2) is 10.8. The molecule has 3 aromatic rings. The Labute approximate surface area is 193 Å². The quantitative estimate of drug-likeness (QED) is 0.406. The van der Waals surface area contributed by atoms with Crippen LogP contribution in [0, 0.1) is 0 Å². The van der Waals surface area contributed by atoms with Gasteiger partial charge in [-0.2, -0.15) is 18.3 Å². The number of carboxylic acid groups (broad SMARTS) is 1. The van der Waals surface area contributed by atoms with Gasteiger partial charge in [0.2, 0.25) is 0 Å². The number of amides is 1. The normalized spacial score (nSPS) is 12.2. The predicted molar refractivity (Wildman–Crippen MR) is 116 cm³/mol. The molecule has 0 aliphatic rings. The smallest absolute Gasteiger partial charge is 0.419 e. The number of carbonyl (C=O) groups is 2. The Hall–Kier alpha value is -3.96. The first-order valence-electron chi connectivity index (χ1n) is 10.5. The number of hydrogen-bond acceptors (Lipinski definition) is 6. The third kappa shape index (κ3) is 6.53. The third-order valence-corrected chi connectivity index (χ3v) is 4.87. The van der Waals surface area contributed by atoms with E-state index < -0.39 is 17.7 Å². The van der Waals surface area contributed by atoms with Crippen LogP contribution in [0.5, 0.6) is 0 Å². The molecule has 1 aromatic carbocycles. The lowest BCUT2D eigenvalue weighted by atomic mass is 10.0. The number of hydrogen-bond donors (Lipinski definition) is 3. The second-order valence-electron chi connectivity index (χ2n) is 7.45. The van der Waals surface area contributed by atoms with Crippen molar-refractivity contribution in [2.75, 3.05) is 11.9 Å². The molecule has 2 aromatic heterocycles. The number of anilines is 1. The first-order valence-corrected chi connectivity index (χ1v) is 10.5. The number of carboxylic acids is 1. The van der Waals surface area contributed by atoms with Crippen molar-refractivity contribution in [3.05, 3.63) is 65.7 Å². The summed E-state index contributed by atoms with van der Waals surface area (Å²) in [6.07, 6.45) is 1.43. The Morgan fingerprint density at radius 1 is 1.12 bits per heavy atom. The van der Waals surface area contributed by atoms with Crippen molar-refractivity contribution < 1.29 is 27.9 Å². The predicted octanol–water partition coefficient (Wildman–Crippen LogP) is 3.84. The lowest BCUT2D eigenvalue weighted by Crippen LogP contribution is -2.26. The Balaban J connectivity index is 1.67. The van der Waals surface area contributed by atoms with E-state index in [1.54, 1.807) is 24.3 Å². The van der Waals surface area contributed by atoms with Gasteiger partial charge in [0.15, 0.2) is 0 Å². The number of carbonyl (C=O) groups excluding carboxylic acids is 1. The van der Waals surface area contributed by atoms with Crippen LogP contribution in [-0.2, 0) is 11.0 Å². The minimum absolute atomic E-state index is 0.00588. The summed E-state index contributed by atoms with van der Waals surface area (Å²) in [7, 11) is 0. The Morgan fingerprint density at radius 2 is 1.79 bits per heavy atom. The molecule has 2 heterocycles. The van der Waals surface area contributed by atoms with E-state index in [1.807, 2.05) is 6.92 Å². The fraction of sp³-hybridized carbons (Fsp3) is 0.318. The SMILES string of the molecule is CCCC(Nc1cnc(-n2cc(C(F)(F)F)cn2)nc1)c1ccc(C(=O)NCCC(=O)O)cc1. The molecule has 0 radical (unpaired) electrons. The standard InChI is InChI=1S/C22H23F3N6O3/c1-2-3-18(14-4-6-15(7-5-14)20(34)26-9-8-19(32)33)30-17-11-27-21(28-12-17)31-13-16(10-29-31)22(23,24)25/h4-7,10-13,18,30H,2-3,8-9H2,1H3,(H,26,34)(H,32,33). The molecule has 3 rings (SSSR count). The summed E-state index contributed by atoms with van der Waals surface area (Å²) in [5.74, 6) is -1.34. The molecule has 0 fully saturated rings. The Kier molecular flexibility index (Phi) is 7.82. The summed E-state index contributed by atoms with van der Waals surface area (Å²) in [4.78, 5) is 30.9. The summed E-state index contributed by atoms with van der Waals surface area (Å²) in [6.45, 7) is 2.07. The van der Waals surface area contributed by atoms with Crippen LogP contribution < -0.4 is 10.6 Å². The molecular formula is C22H23F3N6O3. The molecule has 12 heteroatoms. The summed E-state index contributed by atoms with van der Waals surface area (Å²) >= 11 is 0. The molecule has 0 aliphatic heterocycles. The maximum absolute atomic E-state index is 12.8. The minimum Gasteiger partial charge on any atom is -0.481 e. The van der Waals surface area contributed by atoms with Crippen LogP contribution >= 0.6 is 0 Å². The van der Waals surface area contributed by atoms with Crippen LogP contribution in [0.25, 0.3) is 5.95 Å². The zero-order valence-electron chi connectivity index (χ0n) is 18.2. The van der Waals surface area contributed by atoms with E-state index >= 15 is 0 Å². The molecule has 0 aliphatic carbocycles. The number of aliphatic carboxylic acids is 1. The summed E-state index contributed by atoms with van der Waals surface area (Å²) in [5, 5.41) is 18.2. The van der Waals surface area contributed by atoms with Gasteiger partial charge in [-0.3, -0.25) is 9.59 Å². The summed E-state index contributed by atoms with van der Waals surface area (Å²) < 4.78 is 39.2. The van der Waals surface area contributed by atoms with Crippen molar-refractivity contribution in [1.29, 1.82) is 0 Å². The maximum Gasteiger partial charge on any atom is 0.419 e. The lowest BCUT2D eigenvalue weighted by Gasteiger charge is -2.20. The van der Waals surface area contributed by atoms with E-state index in [0.717, 1.165) is 29.3 Å². The van der Waals surface area contributed by atoms with Gasteiger partial charge in [-0.25, -0.2) is 14.6 Å². The molecule has 0 saturated carbocycles. The molecule has 180 valence electrons. The lowest BCUT2D eigenvalue weighted by molar-refractivity contribution is -0.138. The molecule has 1 unspecified atom stereocenters. The first kappa shape index (κ1) is 24.7. The van der Waals surface area contributed by atoms with Crippen molar-refractivity contribution in [3.8, 4) is 5.95 Å². The zero-order chi connectivity index (χ0) is 24.7. The third-order valence-electron chi connectivity index (χ3n) is 4.87. The number of nitrogens with zero attached hydrogens (tertiary/aromatic N) is 4. The fourth-order valence-electron chi connectivity index (χ4n) is 3.16. The van der Waals surface area contributed by atoms with Gasteiger partial charge in [-0.05, 0) is 24.1 Å².